The molecule has 1 amide bonds. The number of nitrogen functional groups attached to an aromatic ring is 2. The molecule has 0 fully saturated rings. The molecule has 4 heteroatoms. The van der Waals surface area contributed by atoms with E-state index in [-0.39, 0.29) is 5.91 Å². The number of benzene rings is 2. The molecular weight excluding hydrogens is 238 g/mol. The minimum atomic E-state index is 0.0242. The van der Waals surface area contributed by atoms with Crippen LogP contribution in [0.3, 0.4) is 0 Å². The summed E-state index contributed by atoms with van der Waals surface area (Å²) >= 11 is 0. The third-order valence-electron chi connectivity index (χ3n) is 3.36. The molecule has 2 aromatic rings. The number of amides is 1. The number of rotatable bonds is 1. The predicted octanol–water partition coefficient (Wildman–Crippen LogP) is 2.38. The summed E-state index contributed by atoms with van der Waals surface area (Å²) in [6.07, 6.45) is 0.369. The Morgan fingerprint density at radius 2 is 1.79 bits per heavy atom. The van der Waals surface area contributed by atoms with E-state index in [1.54, 1.807) is 11.0 Å². The number of aryl methyl sites for hydroxylation is 1. The Kier molecular flexibility index (Phi) is 2.45. The first kappa shape index (κ1) is 11.6. The quantitative estimate of drug-likeness (QED) is 0.766. The normalized spacial score (nSPS) is 13.7. The molecule has 2 aromatic carbocycles. The van der Waals surface area contributed by atoms with Crippen molar-refractivity contribution in [3.63, 3.8) is 0 Å². The highest BCUT2D eigenvalue weighted by molar-refractivity contribution is 6.09. The van der Waals surface area contributed by atoms with Crippen molar-refractivity contribution in [1.29, 1.82) is 0 Å². The fraction of sp³-hybridized carbons (Fsp3) is 0.133. The minimum Gasteiger partial charge on any atom is -0.399 e. The van der Waals surface area contributed by atoms with E-state index in [0.717, 1.165) is 22.5 Å². The molecule has 3 rings (SSSR count). The fourth-order valence-electron chi connectivity index (χ4n) is 2.48. The Morgan fingerprint density at radius 1 is 1.05 bits per heavy atom. The number of anilines is 4. The zero-order valence-corrected chi connectivity index (χ0v) is 10.7. The summed E-state index contributed by atoms with van der Waals surface area (Å²) in [6.45, 7) is 1.97. The van der Waals surface area contributed by atoms with Gasteiger partial charge >= 0.3 is 0 Å². The van der Waals surface area contributed by atoms with Gasteiger partial charge in [0, 0.05) is 5.69 Å². The van der Waals surface area contributed by atoms with E-state index in [4.69, 9.17) is 11.5 Å². The molecule has 4 N–H and O–H groups in total. The monoisotopic (exact) mass is 253 g/mol. The van der Waals surface area contributed by atoms with Crippen LogP contribution in [0.15, 0.2) is 36.4 Å². The number of carbonyl (C=O) groups is 1. The largest absolute Gasteiger partial charge is 0.399 e. The maximum atomic E-state index is 12.2. The first-order valence-corrected chi connectivity index (χ1v) is 6.14. The Labute approximate surface area is 111 Å². The van der Waals surface area contributed by atoms with Crippen LogP contribution in [0, 0.1) is 6.92 Å². The Morgan fingerprint density at radius 3 is 2.53 bits per heavy atom. The van der Waals surface area contributed by atoms with Crippen molar-refractivity contribution >= 4 is 28.7 Å². The summed E-state index contributed by atoms with van der Waals surface area (Å²) in [7, 11) is 0. The van der Waals surface area contributed by atoms with E-state index in [2.05, 4.69) is 0 Å². The summed E-state index contributed by atoms with van der Waals surface area (Å²) in [4.78, 5) is 13.9. The Hall–Kier alpha value is -2.49. The molecule has 0 radical (unpaired) electrons. The van der Waals surface area contributed by atoms with Crippen molar-refractivity contribution in [2.45, 2.75) is 13.3 Å². The van der Waals surface area contributed by atoms with Crippen LogP contribution >= 0.6 is 0 Å². The third kappa shape index (κ3) is 1.81. The number of nitrogens with zero attached hydrogens (tertiary/aromatic N) is 1. The van der Waals surface area contributed by atoms with E-state index >= 15 is 0 Å². The molecular formula is C15H15N3O. The molecule has 0 aliphatic carbocycles. The molecule has 0 saturated heterocycles. The summed E-state index contributed by atoms with van der Waals surface area (Å²) in [6, 6.07) is 11.2. The molecule has 1 aliphatic heterocycles. The van der Waals surface area contributed by atoms with E-state index in [1.165, 1.54) is 0 Å². The van der Waals surface area contributed by atoms with E-state index in [9.17, 15) is 4.79 Å². The topological polar surface area (TPSA) is 72.3 Å². The van der Waals surface area contributed by atoms with E-state index in [0.29, 0.717) is 17.8 Å². The Balaban J connectivity index is 2.14. The van der Waals surface area contributed by atoms with Crippen LogP contribution in [0.1, 0.15) is 11.1 Å². The second kappa shape index (κ2) is 4.02. The lowest BCUT2D eigenvalue weighted by Crippen LogP contribution is -2.21. The molecule has 0 spiro atoms. The number of hydrogen-bond donors (Lipinski definition) is 2. The second-order valence-electron chi connectivity index (χ2n) is 4.86. The van der Waals surface area contributed by atoms with Gasteiger partial charge in [-0.25, -0.2) is 0 Å². The molecule has 0 unspecified atom stereocenters. The highest BCUT2D eigenvalue weighted by atomic mass is 16.2. The summed E-state index contributed by atoms with van der Waals surface area (Å²) in [5.74, 6) is 0.0242. The number of fused-ring (bicyclic) bond motifs is 1. The van der Waals surface area contributed by atoms with Crippen LogP contribution in [0.25, 0.3) is 0 Å². The van der Waals surface area contributed by atoms with Gasteiger partial charge < -0.3 is 11.5 Å². The highest BCUT2D eigenvalue weighted by Crippen LogP contribution is 2.39. The van der Waals surface area contributed by atoms with Crippen LogP contribution in [0.2, 0.25) is 0 Å². The molecule has 4 nitrogen and oxygen atoms in total. The van der Waals surface area contributed by atoms with Gasteiger partial charge in [-0.3, -0.25) is 9.69 Å². The van der Waals surface area contributed by atoms with Crippen LogP contribution in [0.5, 0.6) is 0 Å². The summed E-state index contributed by atoms with van der Waals surface area (Å²) in [5.41, 5.74) is 16.7. The third-order valence-corrected chi connectivity index (χ3v) is 3.36. The van der Waals surface area contributed by atoms with Gasteiger partial charge in [0.05, 0.1) is 23.5 Å². The number of carbonyl (C=O) groups excluding carboxylic acids is 1. The van der Waals surface area contributed by atoms with Crippen molar-refractivity contribution in [1.82, 2.24) is 0 Å². The molecule has 0 saturated carbocycles. The summed E-state index contributed by atoms with van der Waals surface area (Å²) < 4.78 is 0. The van der Waals surface area contributed by atoms with Gasteiger partial charge in [-0.1, -0.05) is 6.07 Å². The lowest BCUT2D eigenvalue weighted by Gasteiger charge is -2.20. The van der Waals surface area contributed by atoms with Gasteiger partial charge in [0.25, 0.3) is 0 Å². The average Bonchev–Trinajstić information content (AvgIpc) is 2.65. The predicted molar refractivity (Wildman–Crippen MR) is 77.3 cm³/mol. The smallest absolute Gasteiger partial charge is 0.236 e. The van der Waals surface area contributed by atoms with Gasteiger partial charge in [0.1, 0.15) is 0 Å². The minimum absolute atomic E-state index is 0.0242. The highest BCUT2D eigenvalue weighted by Gasteiger charge is 2.29. The van der Waals surface area contributed by atoms with E-state index in [1.807, 2.05) is 37.3 Å². The maximum absolute atomic E-state index is 12.2. The van der Waals surface area contributed by atoms with Crippen molar-refractivity contribution in [3.8, 4) is 0 Å². The fourth-order valence-corrected chi connectivity index (χ4v) is 2.48. The van der Waals surface area contributed by atoms with Gasteiger partial charge in [0.15, 0.2) is 0 Å². The zero-order chi connectivity index (χ0) is 13.6. The lowest BCUT2D eigenvalue weighted by atomic mass is 10.1. The lowest BCUT2D eigenvalue weighted by molar-refractivity contribution is -0.116. The van der Waals surface area contributed by atoms with Crippen molar-refractivity contribution < 1.29 is 4.79 Å². The first-order valence-electron chi connectivity index (χ1n) is 6.14. The molecule has 1 aliphatic rings. The SMILES string of the molecule is Cc1ccc(N2C(=O)Cc3cc(N)ccc32)c(N)c1. The Bertz CT molecular complexity index is 679. The van der Waals surface area contributed by atoms with Crippen LogP contribution in [0.4, 0.5) is 22.7 Å². The molecule has 0 bridgehead atoms. The average molecular weight is 253 g/mol. The molecule has 96 valence electrons. The van der Waals surface area contributed by atoms with Crippen molar-refractivity contribution in [3.05, 3.63) is 47.5 Å². The van der Waals surface area contributed by atoms with Crippen molar-refractivity contribution in [2.75, 3.05) is 16.4 Å². The maximum Gasteiger partial charge on any atom is 0.236 e. The van der Waals surface area contributed by atoms with Crippen molar-refractivity contribution in [2.24, 2.45) is 0 Å². The number of nitrogens with two attached hydrogens (primary N) is 2. The molecule has 19 heavy (non-hydrogen) atoms. The number of hydrogen-bond acceptors (Lipinski definition) is 3. The zero-order valence-electron chi connectivity index (χ0n) is 10.7. The van der Waals surface area contributed by atoms with Gasteiger partial charge in [-0.05, 0) is 48.4 Å². The summed E-state index contributed by atoms with van der Waals surface area (Å²) in [5, 5.41) is 0. The van der Waals surface area contributed by atoms with Gasteiger partial charge in [-0.15, -0.1) is 0 Å². The van der Waals surface area contributed by atoms with Gasteiger partial charge in [-0.2, -0.15) is 0 Å². The van der Waals surface area contributed by atoms with Crippen LogP contribution in [-0.4, -0.2) is 5.91 Å². The van der Waals surface area contributed by atoms with Crippen LogP contribution in [-0.2, 0) is 11.2 Å². The van der Waals surface area contributed by atoms with Crippen LogP contribution < -0.4 is 16.4 Å². The van der Waals surface area contributed by atoms with E-state index < -0.39 is 0 Å². The van der Waals surface area contributed by atoms with Gasteiger partial charge in [0.2, 0.25) is 5.91 Å². The molecule has 0 atom stereocenters. The second-order valence-corrected chi connectivity index (χ2v) is 4.86. The molecule has 1 heterocycles. The standard InChI is InChI=1S/C15H15N3O/c1-9-2-4-14(12(17)6-9)18-13-5-3-11(16)7-10(13)8-15(18)19/h2-7H,8,16-17H2,1H3. The molecule has 0 aromatic heterocycles. The first-order chi connectivity index (χ1) is 9.06.